The van der Waals surface area contributed by atoms with Gasteiger partial charge in [-0.25, -0.2) is 0 Å². The summed E-state index contributed by atoms with van der Waals surface area (Å²) in [5.41, 5.74) is 5.12. The van der Waals surface area contributed by atoms with Crippen molar-refractivity contribution in [2.24, 2.45) is 0 Å². The van der Waals surface area contributed by atoms with Gasteiger partial charge in [0.15, 0.2) is 0 Å². The Hall–Kier alpha value is -2.79. The SMILES string of the molecule is O=C(c1cccc2nccnc12)N1CCN([C@@H]2CCc3ccccc3C2)CC1. The summed E-state index contributed by atoms with van der Waals surface area (Å²) < 4.78 is 0. The van der Waals surface area contributed by atoms with Crippen molar-refractivity contribution in [1.82, 2.24) is 19.8 Å². The van der Waals surface area contributed by atoms with Crippen LogP contribution in [0.2, 0.25) is 0 Å². The molecule has 1 fully saturated rings. The van der Waals surface area contributed by atoms with Gasteiger partial charge in [0, 0.05) is 44.6 Å². The van der Waals surface area contributed by atoms with Gasteiger partial charge in [-0.05, 0) is 42.5 Å². The van der Waals surface area contributed by atoms with Crippen LogP contribution in [0.5, 0.6) is 0 Å². The van der Waals surface area contributed by atoms with E-state index in [0.717, 1.165) is 44.5 Å². The van der Waals surface area contributed by atoms with Gasteiger partial charge in [0.2, 0.25) is 0 Å². The van der Waals surface area contributed by atoms with Crippen molar-refractivity contribution < 1.29 is 4.79 Å². The van der Waals surface area contributed by atoms with E-state index >= 15 is 0 Å². The minimum Gasteiger partial charge on any atom is -0.336 e. The van der Waals surface area contributed by atoms with Crippen LogP contribution in [-0.4, -0.2) is 57.9 Å². The van der Waals surface area contributed by atoms with Gasteiger partial charge in [-0.15, -0.1) is 0 Å². The Morgan fingerprint density at radius 1 is 0.893 bits per heavy atom. The Bertz CT molecular complexity index is 1000. The zero-order valence-corrected chi connectivity index (χ0v) is 15.9. The Morgan fingerprint density at radius 2 is 1.68 bits per heavy atom. The van der Waals surface area contributed by atoms with Crippen LogP contribution in [0.1, 0.15) is 27.9 Å². The number of aryl methyl sites for hydroxylation is 1. The molecule has 2 heterocycles. The standard InChI is InChI=1S/C23H24N4O/c28-23(20-6-3-7-21-22(20)25-11-10-24-21)27-14-12-26(13-15-27)19-9-8-17-4-1-2-5-18(17)16-19/h1-7,10-11,19H,8-9,12-16H2/t19-/m1/s1. The fraction of sp³-hybridized carbons (Fsp3) is 0.348. The smallest absolute Gasteiger partial charge is 0.256 e. The molecule has 1 saturated heterocycles. The first kappa shape index (κ1) is 17.3. The zero-order valence-electron chi connectivity index (χ0n) is 15.9. The summed E-state index contributed by atoms with van der Waals surface area (Å²) in [6.07, 6.45) is 6.82. The van der Waals surface area contributed by atoms with Crippen LogP contribution in [0.3, 0.4) is 0 Å². The first-order valence-corrected chi connectivity index (χ1v) is 10.1. The highest BCUT2D eigenvalue weighted by atomic mass is 16.2. The summed E-state index contributed by atoms with van der Waals surface area (Å²) in [4.78, 5) is 26.3. The van der Waals surface area contributed by atoms with E-state index in [-0.39, 0.29) is 5.91 Å². The van der Waals surface area contributed by atoms with Crippen molar-refractivity contribution in [3.05, 3.63) is 71.5 Å². The number of hydrogen-bond acceptors (Lipinski definition) is 4. The maximum atomic E-state index is 13.1. The average Bonchev–Trinajstić information content (AvgIpc) is 2.78. The zero-order chi connectivity index (χ0) is 18.9. The van der Waals surface area contributed by atoms with Crippen molar-refractivity contribution in [1.29, 1.82) is 0 Å². The van der Waals surface area contributed by atoms with Crippen molar-refractivity contribution >= 4 is 16.9 Å². The predicted octanol–water partition coefficient (Wildman–Crippen LogP) is 2.95. The summed E-state index contributed by atoms with van der Waals surface area (Å²) in [7, 11) is 0. The summed E-state index contributed by atoms with van der Waals surface area (Å²) in [5, 5.41) is 0. The number of piperazine rings is 1. The third kappa shape index (κ3) is 3.16. The molecule has 5 heteroatoms. The molecule has 0 radical (unpaired) electrons. The molecule has 2 aliphatic rings. The number of rotatable bonds is 2. The Balaban J connectivity index is 1.27. The van der Waals surface area contributed by atoms with Crippen molar-refractivity contribution in [2.75, 3.05) is 26.2 Å². The fourth-order valence-corrected chi connectivity index (χ4v) is 4.62. The number of fused-ring (bicyclic) bond motifs is 2. The Morgan fingerprint density at radius 3 is 2.54 bits per heavy atom. The minimum absolute atomic E-state index is 0.0692. The molecule has 5 nitrogen and oxygen atoms in total. The molecule has 0 saturated carbocycles. The normalized spacial score (nSPS) is 20.1. The van der Waals surface area contributed by atoms with Gasteiger partial charge in [-0.1, -0.05) is 30.3 Å². The maximum Gasteiger partial charge on any atom is 0.256 e. The summed E-state index contributed by atoms with van der Waals surface area (Å²) in [5.74, 6) is 0.0692. The van der Waals surface area contributed by atoms with E-state index in [1.807, 2.05) is 23.1 Å². The fourth-order valence-electron chi connectivity index (χ4n) is 4.62. The van der Waals surface area contributed by atoms with Gasteiger partial charge in [-0.2, -0.15) is 0 Å². The summed E-state index contributed by atoms with van der Waals surface area (Å²) in [6.45, 7) is 3.42. The molecular weight excluding hydrogens is 348 g/mol. The van der Waals surface area contributed by atoms with Gasteiger partial charge in [0.05, 0.1) is 11.1 Å². The summed E-state index contributed by atoms with van der Waals surface area (Å²) in [6, 6.07) is 15.1. The Labute approximate surface area is 165 Å². The molecular formula is C23H24N4O. The van der Waals surface area contributed by atoms with Crippen LogP contribution in [0.15, 0.2) is 54.9 Å². The molecule has 1 aromatic heterocycles. The van der Waals surface area contributed by atoms with Crippen LogP contribution in [-0.2, 0) is 12.8 Å². The lowest BCUT2D eigenvalue weighted by Gasteiger charge is -2.41. The minimum atomic E-state index is 0.0692. The molecule has 0 unspecified atom stereocenters. The van der Waals surface area contributed by atoms with Crippen molar-refractivity contribution in [3.8, 4) is 0 Å². The van der Waals surface area contributed by atoms with Gasteiger partial charge in [-0.3, -0.25) is 19.7 Å². The van der Waals surface area contributed by atoms with Crippen molar-refractivity contribution in [2.45, 2.75) is 25.3 Å². The van der Waals surface area contributed by atoms with Crippen LogP contribution >= 0.6 is 0 Å². The second-order valence-corrected chi connectivity index (χ2v) is 7.72. The average molecular weight is 372 g/mol. The molecule has 1 atom stereocenters. The van der Waals surface area contributed by atoms with Gasteiger partial charge < -0.3 is 4.90 Å². The number of nitrogens with zero attached hydrogens (tertiary/aromatic N) is 4. The summed E-state index contributed by atoms with van der Waals surface area (Å²) >= 11 is 0. The number of carbonyl (C=O) groups excluding carboxylic acids is 1. The van der Waals surface area contributed by atoms with E-state index in [9.17, 15) is 4.79 Å². The molecule has 2 aromatic carbocycles. The number of benzene rings is 2. The third-order valence-electron chi connectivity index (χ3n) is 6.17. The number of aromatic nitrogens is 2. The number of hydrogen-bond donors (Lipinski definition) is 0. The maximum absolute atomic E-state index is 13.1. The molecule has 0 N–H and O–H groups in total. The van der Waals surface area contributed by atoms with Crippen molar-refractivity contribution in [3.63, 3.8) is 0 Å². The molecule has 1 amide bonds. The molecule has 142 valence electrons. The number of carbonyl (C=O) groups is 1. The van der Waals surface area contributed by atoms with Crippen LogP contribution in [0.4, 0.5) is 0 Å². The highest BCUT2D eigenvalue weighted by Crippen LogP contribution is 2.25. The van der Waals surface area contributed by atoms with Gasteiger partial charge >= 0.3 is 0 Å². The van der Waals surface area contributed by atoms with E-state index in [2.05, 4.69) is 39.1 Å². The monoisotopic (exact) mass is 372 g/mol. The second kappa shape index (κ2) is 7.32. The largest absolute Gasteiger partial charge is 0.336 e. The number of para-hydroxylation sites is 1. The third-order valence-corrected chi connectivity index (χ3v) is 6.17. The first-order valence-electron chi connectivity index (χ1n) is 10.1. The van der Waals surface area contributed by atoms with Crippen LogP contribution < -0.4 is 0 Å². The van der Waals surface area contributed by atoms with E-state index in [0.29, 0.717) is 17.1 Å². The lowest BCUT2D eigenvalue weighted by molar-refractivity contribution is 0.0554. The quantitative estimate of drug-likeness (QED) is 0.694. The molecule has 28 heavy (non-hydrogen) atoms. The Kier molecular flexibility index (Phi) is 4.53. The van der Waals surface area contributed by atoms with E-state index < -0.39 is 0 Å². The number of amides is 1. The second-order valence-electron chi connectivity index (χ2n) is 7.72. The molecule has 3 aromatic rings. The molecule has 5 rings (SSSR count). The lowest BCUT2D eigenvalue weighted by Crippen LogP contribution is -2.53. The van der Waals surface area contributed by atoms with Gasteiger partial charge in [0.25, 0.3) is 5.91 Å². The molecule has 1 aliphatic heterocycles. The molecule has 0 spiro atoms. The topological polar surface area (TPSA) is 49.3 Å². The van der Waals surface area contributed by atoms with Crippen LogP contribution in [0, 0.1) is 0 Å². The van der Waals surface area contributed by atoms with E-state index in [1.54, 1.807) is 12.4 Å². The molecule has 0 bridgehead atoms. The van der Waals surface area contributed by atoms with Crippen LogP contribution in [0.25, 0.3) is 11.0 Å². The van der Waals surface area contributed by atoms with E-state index in [4.69, 9.17) is 0 Å². The van der Waals surface area contributed by atoms with E-state index in [1.165, 1.54) is 17.5 Å². The highest BCUT2D eigenvalue weighted by molar-refractivity contribution is 6.04. The first-order chi connectivity index (χ1) is 13.8. The highest BCUT2D eigenvalue weighted by Gasteiger charge is 2.29. The molecule has 1 aliphatic carbocycles. The van der Waals surface area contributed by atoms with Gasteiger partial charge in [0.1, 0.15) is 5.52 Å². The predicted molar refractivity (Wildman–Crippen MR) is 109 cm³/mol. The lowest BCUT2D eigenvalue weighted by atomic mass is 9.87.